The van der Waals surface area contributed by atoms with Crippen LogP contribution in [0.25, 0.3) is 0 Å². The van der Waals surface area contributed by atoms with Crippen LogP contribution in [0.1, 0.15) is 28.8 Å². The lowest BCUT2D eigenvalue weighted by Crippen LogP contribution is -2.41. The summed E-state index contributed by atoms with van der Waals surface area (Å²) in [6, 6.07) is 13.4. The van der Waals surface area contributed by atoms with Gasteiger partial charge in [-0.3, -0.25) is 9.59 Å². The van der Waals surface area contributed by atoms with Crippen molar-refractivity contribution in [3.05, 3.63) is 70.1 Å². The number of likely N-dealkylation sites (tertiary alicyclic amines) is 1. The topological polar surface area (TPSA) is 51.5 Å². The Morgan fingerprint density at radius 2 is 1.88 bits per heavy atom. The fraction of sp³-hybridized carbons (Fsp3) is 0.400. The summed E-state index contributed by atoms with van der Waals surface area (Å²) in [7, 11) is 1.68. The number of carbonyl (C=O) groups excluding carboxylic acids is 1. The summed E-state index contributed by atoms with van der Waals surface area (Å²) in [4.78, 5) is 26.0. The first-order valence-electron chi connectivity index (χ1n) is 8.75. The minimum Gasteiger partial charge on any atom is -0.378 e. The molecule has 0 unspecified atom stereocenters. The minimum absolute atomic E-state index is 0.0690. The van der Waals surface area contributed by atoms with E-state index in [9.17, 15) is 9.59 Å². The Morgan fingerprint density at radius 3 is 2.56 bits per heavy atom. The van der Waals surface area contributed by atoms with Crippen LogP contribution in [-0.2, 0) is 18.2 Å². The first kappa shape index (κ1) is 17.4. The molecular formula is C20H24N2O3. The molecule has 1 aromatic carbocycles. The van der Waals surface area contributed by atoms with E-state index in [-0.39, 0.29) is 17.6 Å². The summed E-state index contributed by atoms with van der Waals surface area (Å²) in [5.41, 5.74) is 1.58. The predicted molar refractivity (Wildman–Crippen MR) is 96.7 cm³/mol. The molecule has 2 heterocycles. The highest BCUT2D eigenvalue weighted by atomic mass is 16.5. The molecule has 0 spiro atoms. The first-order chi connectivity index (χ1) is 12.1. The number of hydrogen-bond acceptors (Lipinski definition) is 3. The standard InChI is InChI=1S/C20H24N2O3/c1-21-11-7-17(15-19(21)23)20(24)22-12-8-18(9-13-22)25-14-10-16-5-3-2-4-6-16/h2-7,11,15,18H,8-10,12-14H2,1H3. The molecule has 5 heteroatoms. The van der Waals surface area contributed by atoms with E-state index in [1.807, 2.05) is 23.1 Å². The third-order valence-electron chi connectivity index (χ3n) is 4.67. The van der Waals surface area contributed by atoms with Crippen LogP contribution in [0.5, 0.6) is 0 Å². The van der Waals surface area contributed by atoms with E-state index in [0.717, 1.165) is 19.3 Å². The Labute approximate surface area is 147 Å². The molecule has 0 radical (unpaired) electrons. The van der Waals surface area contributed by atoms with Crippen LogP contribution in [0.4, 0.5) is 0 Å². The van der Waals surface area contributed by atoms with E-state index in [0.29, 0.717) is 25.3 Å². The van der Waals surface area contributed by atoms with Crippen molar-refractivity contribution >= 4 is 5.91 Å². The van der Waals surface area contributed by atoms with Gasteiger partial charge in [0, 0.05) is 38.0 Å². The van der Waals surface area contributed by atoms with Gasteiger partial charge in [-0.1, -0.05) is 30.3 Å². The van der Waals surface area contributed by atoms with Gasteiger partial charge in [0.25, 0.3) is 11.5 Å². The molecule has 0 aliphatic carbocycles. The summed E-state index contributed by atoms with van der Waals surface area (Å²) in [5.74, 6) is -0.0690. The highest BCUT2D eigenvalue weighted by Crippen LogP contribution is 2.16. The third-order valence-corrected chi connectivity index (χ3v) is 4.67. The largest absolute Gasteiger partial charge is 0.378 e. The van der Waals surface area contributed by atoms with E-state index < -0.39 is 0 Å². The molecule has 5 nitrogen and oxygen atoms in total. The first-order valence-corrected chi connectivity index (χ1v) is 8.75. The smallest absolute Gasteiger partial charge is 0.254 e. The Balaban J connectivity index is 1.45. The van der Waals surface area contributed by atoms with Gasteiger partial charge in [0.2, 0.25) is 0 Å². The fourth-order valence-corrected chi connectivity index (χ4v) is 3.08. The van der Waals surface area contributed by atoms with Gasteiger partial charge in [0.05, 0.1) is 12.7 Å². The maximum absolute atomic E-state index is 12.5. The highest BCUT2D eigenvalue weighted by Gasteiger charge is 2.24. The maximum atomic E-state index is 12.5. The van der Waals surface area contributed by atoms with Crippen molar-refractivity contribution in [2.24, 2.45) is 7.05 Å². The Bertz CT molecular complexity index is 762. The Hall–Kier alpha value is -2.40. The van der Waals surface area contributed by atoms with E-state index >= 15 is 0 Å². The zero-order chi connectivity index (χ0) is 17.6. The summed E-state index contributed by atoms with van der Waals surface area (Å²) in [5, 5.41) is 0. The lowest BCUT2D eigenvalue weighted by Gasteiger charge is -2.32. The summed E-state index contributed by atoms with van der Waals surface area (Å²) in [6.45, 7) is 2.05. The van der Waals surface area contributed by atoms with Crippen molar-refractivity contribution in [2.45, 2.75) is 25.4 Å². The number of amides is 1. The van der Waals surface area contributed by atoms with Gasteiger partial charge in [0.15, 0.2) is 0 Å². The van der Waals surface area contributed by atoms with Crippen LogP contribution >= 0.6 is 0 Å². The number of carbonyl (C=O) groups is 1. The lowest BCUT2D eigenvalue weighted by molar-refractivity contribution is 0.0100. The van der Waals surface area contributed by atoms with Gasteiger partial charge in [-0.25, -0.2) is 0 Å². The number of aromatic nitrogens is 1. The molecule has 1 saturated heterocycles. The molecule has 1 aromatic heterocycles. The average molecular weight is 340 g/mol. The molecule has 25 heavy (non-hydrogen) atoms. The van der Waals surface area contributed by atoms with Crippen molar-refractivity contribution in [1.82, 2.24) is 9.47 Å². The minimum atomic E-state index is -0.162. The fourth-order valence-electron chi connectivity index (χ4n) is 3.08. The number of hydrogen-bond donors (Lipinski definition) is 0. The SMILES string of the molecule is Cn1ccc(C(=O)N2CCC(OCCc3ccccc3)CC2)cc1=O. The van der Waals surface area contributed by atoms with Crippen LogP contribution in [0.3, 0.4) is 0 Å². The molecular weight excluding hydrogens is 316 g/mol. The predicted octanol–water partition coefficient (Wildman–Crippen LogP) is 2.25. The van der Waals surface area contributed by atoms with E-state index in [1.54, 1.807) is 19.3 Å². The van der Waals surface area contributed by atoms with Crippen LogP contribution in [0.2, 0.25) is 0 Å². The number of benzene rings is 1. The zero-order valence-corrected chi connectivity index (χ0v) is 14.6. The second-order valence-electron chi connectivity index (χ2n) is 6.46. The van der Waals surface area contributed by atoms with Crippen LogP contribution in [0.15, 0.2) is 53.5 Å². The van der Waals surface area contributed by atoms with E-state index in [2.05, 4.69) is 12.1 Å². The van der Waals surface area contributed by atoms with Crippen molar-refractivity contribution < 1.29 is 9.53 Å². The third kappa shape index (κ3) is 4.57. The van der Waals surface area contributed by atoms with Crippen molar-refractivity contribution in [3.8, 4) is 0 Å². The average Bonchev–Trinajstić information content (AvgIpc) is 2.65. The molecule has 0 N–H and O–H groups in total. The van der Waals surface area contributed by atoms with Crippen molar-refractivity contribution in [2.75, 3.05) is 19.7 Å². The Kier molecular flexibility index (Phi) is 5.66. The zero-order valence-electron chi connectivity index (χ0n) is 14.6. The lowest BCUT2D eigenvalue weighted by atomic mass is 10.1. The van der Waals surface area contributed by atoms with E-state index in [1.165, 1.54) is 16.2 Å². The van der Waals surface area contributed by atoms with Crippen LogP contribution in [0, 0.1) is 0 Å². The molecule has 3 rings (SSSR count). The molecule has 2 aromatic rings. The molecule has 132 valence electrons. The second-order valence-corrected chi connectivity index (χ2v) is 6.46. The van der Waals surface area contributed by atoms with Gasteiger partial charge in [-0.15, -0.1) is 0 Å². The van der Waals surface area contributed by atoms with Crippen LogP contribution < -0.4 is 5.56 Å². The summed E-state index contributed by atoms with van der Waals surface area (Å²) < 4.78 is 7.43. The van der Waals surface area contributed by atoms with E-state index in [4.69, 9.17) is 4.74 Å². The maximum Gasteiger partial charge on any atom is 0.254 e. The monoisotopic (exact) mass is 340 g/mol. The number of pyridine rings is 1. The number of aryl methyl sites for hydroxylation is 1. The van der Waals surface area contributed by atoms with Crippen molar-refractivity contribution in [3.63, 3.8) is 0 Å². The molecule has 1 fully saturated rings. The molecule has 1 aliphatic heterocycles. The number of ether oxygens (including phenoxy) is 1. The summed E-state index contributed by atoms with van der Waals surface area (Å²) in [6.07, 6.45) is 4.43. The number of nitrogens with zero attached hydrogens (tertiary/aromatic N) is 2. The molecule has 1 aliphatic rings. The van der Waals surface area contributed by atoms with Crippen LogP contribution in [-0.4, -0.2) is 41.2 Å². The number of piperidine rings is 1. The molecule has 0 atom stereocenters. The Morgan fingerprint density at radius 1 is 1.16 bits per heavy atom. The van der Waals surface area contributed by atoms with Gasteiger partial charge in [-0.05, 0) is 30.9 Å². The van der Waals surface area contributed by atoms with Gasteiger partial charge >= 0.3 is 0 Å². The number of rotatable bonds is 5. The highest BCUT2D eigenvalue weighted by molar-refractivity contribution is 5.94. The molecule has 0 bridgehead atoms. The normalized spacial score (nSPS) is 15.3. The quantitative estimate of drug-likeness (QED) is 0.839. The van der Waals surface area contributed by atoms with Gasteiger partial charge in [-0.2, -0.15) is 0 Å². The summed E-state index contributed by atoms with van der Waals surface area (Å²) >= 11 is 0. The van der Waals surface area contributed by atoms with Gasteiger partial charge in [0.1, 0.15) is 0 Å². The molecule has 1 amide bonds. The molecule has 0 saturated carbocycles. The van der Waals surface area contributed by atoms with Crippen molar-refractivity contribution in [1.29, 1.82) is 0 Å². The van der Waals surface area contributed by atoms with Gasteiger partial charge < -0.3 is 14.2 Å². The second kappa shape index (κ2) is 8.12.